The van der Waals surface area contributed by atoms with E-state index in [4.69, 9.17) is 14.2 Å². The maximum atomic E-state index is 13.0. The average molecular weight is 463 g/mol. The highest BCUT2D eigenvalue weighted by molar-refractivity contribution is 6.16. The van der Waals surface area contributed by atoms with Crippen LogP contribution < -0.4 is 9.47 Å². The molecule has 3 heterocycles. The van der Waals surface area contributed by atoms with Gasteiger partial charge >= 0.3 is 0 Å². The Morgan fingerprint density at radius 2 is 1.91 bits per heavy atom. The van der Waals surface area contributed by atoms with Crippen molar-refractivity contribution in [1.29, 1.82) is 0 Å². The van der Waals surface area contributed by atoms with Gasteiger partial charge in [0.05, 0.1) is 20.3 Å². The summed E-state index contributed by atoms with van der Waals surface area (Å²) in [5.41, 5.74) is 3.31. The number of hydrogen-bond acceptors (Lipinski definition) is 6. The van der Waals surface area contributed by atoms with Gasteiger partial charge in [-0.2, -0.15) is 0 Å². The van der Waals surface area contributed by atoms with Crippen molar-refractivity contribution in [2.75, 3.05) is 40.0 Å². The first kappa shape index (κ1) is 22.5. The van der Waals surface area contributed by atoms with E-state index >= 15 is 0 Å². The van der Waals surface area contributed by atoms with Crippen molar-refractivity contribution >= 4 is 22.8 Å². The number of hydrogen-bond donors (Lipinski definition) is 1. The zero-order chi connectivity index (χ0) is 23.7. The highest BCUT2D eigenvalue weighted by Gasteiger charge is 2.31. The number of ether oxygens (including phenoxy) is 3. The topological polar surface area (TPSA) is 73.2 Å². The monoisotopic (exact) mass is 462 g/mol. The summed E-state index contributed by atoms with van der Waals surface area (Å²) >= 11 is 0. The number of rotatable bonds is 7. The fourth-order valence-corrected chi connectivity index (χ4v) is 4.86. The molecule has 0 radical (unpaired) electrons. The lowest BCUT2D eigenvalue weighted by Crippen LogP contribution is -2.36. The number of aryl methyl sites for hydroxylation is 1. The Hall–Kier alpha value is -3.29. The number of phenols is 1. The van der Waals surface area contributed by atoms with E-state index < -0.39 is 0 Å². The molecule has 0 atom stereocenters. The fraction of sp³-hybridized carbons (Fsp3) is 0.370. The van der Waals surface area contributed by atoms with Crippen LogP contribution in [0.25, 0.3) is 17.0 Å². The molecule has 2 aliphatic rings. The first-order chi connectivity index (χ1) is 16.6. The van der Waals surface area contributed by atoms with Crippen molar-refractivity contribution in [2.24, 2.45) is 0 Å². The molecule has 178 valence electrons. The lowest BCUT2D eigenvalue weighted by molar-refractivity contribution is 0.0371. The number of fused-ring (bicyclic) bond motifs is 2. The number of ketones is 1. The molecule has 0 spiro atoms. The quantitative estimate of drug-likeness (QED) is 0.415. The molecule has 1 fully saturated rings. The zero-order valence-electron chi connectivity index (χ0n) is 19.7. The van der Waals surface area contributed by atoms with Crippen LogP contribution in [0.2, 0.25) is 0 Å². The van der Waals surface area contributed by atoms with Gasteiger partial charge in [-0.3, -0.25) is 9.69 Å². The van der Waals surface area contributed by atoms with Gasteiger partial charge in [-0.25, -0.2) is 0 Å². The van der Waals surface area contributed by atoms with Gasteiger partial charge in [0, 0.05) is 41.8 Å². The second-order valence-electron chi connectivity index (χ2n) is 8.78. The number of carbonyl (C=O) groups excluding carboxylic acids is 1. The van der Waals surface area contributed by atoms with Crippen molar-refractivity contribution in [3.8, 4) is 17.2 Å². The molecule has 0 bridgehead atoms. The molecule has 2 aliphatic heterocycles. The third-order valence-corrected chi connectivity index (χ3v) is 6.74. The van der Waals surface area contributed by atoms with E-state index in [0.29, 0.717) is 5.75 Å². The number of aromatic hydroxyl groups is 1. The van der Waals surface area contributed by atoms with Gasteiger partial charge in [-0.05, 0) is 62.7 Å². The van der Waals surface area contributed by atoms with E-state index in [1.54, 1.807) is 25.3 Å². The van der Waals surface area contributed by atoms with Crippen molar-refractivity contribution in [3.05, 3.63) is 59.0 Å². The van der Waals surface area contributed by atoms with E-state index in [1.807, 2.05) is 12.1 Å². The molecule has 3 aromatic rings. The molecular weight excluding hydrogens is 432 g/mol. The SMILES string of the molecule is COc1ccc2c(c1)c(/C=C1\Oc3cccc(O)c3C1=O)c(C)n2CCCCN1CCOCC1. The molecule has 34 heavy (non-hydrogen) atoms. The Labute approximate surface area is 199 Å². The first-order valence-electron chi connectivity index (χ1n) is 11.8. The van der Waals surface area contributed by atoms with E-state index in [1.165, 1.54) is 6.07 Å². The van der Waals surface area contributed by atoms with Crippen LogP contribution in [0.1, 0.15) is 34.5 Å². The smallest absolute Gasteiger partial charge is 0.235 e. The number of aromatic nitrogens is 1. The van der Waals surface area contributed by atoms with Crippen LogP contribution in [-0.2, 0) is 11.3 Å². The fourth-order valence-electron chi connectivity index (χ4n) is 4.86. The summed E-state index contributed by atoms with van der Waals surface area (Å²) in [4.78, 5) is 15.4. The lowest BCUT2D eigenvalue weighted by atomic mass is 10.1. The number of allylic oxidation sites excluding steroid dienone is 1. The minimum absolute atomic E-state index is 0.0630. The molecular formula is C27H30N2O5. The van der Waals surface area contributed by atoms with E-state index in [2.05, 4.69) is 22.5 Å². The second kappa shape index (κ2) is 9.52. The number of unbranched alkanes of at least 4 members (excludes halogenated alkanes) is 1. The van der Waals surface area contributed by atoms with Gasteiger partial charge in [0.2, 0.25) is 5.78 Å². The lowest BCUT2D eigenvalue weighted by Gasteiger charge is -2.26. The first-order valence-corrected chi connectivity index (χ1v) is 11.8. The summed E-state index contributed by atoms with van der Waals surface area (Å²) in [7, 11) is 1.65. The molecule has 0 aliphatic carbocycles. The van der Waals surface area contributed by atoms with Crippen molar-refractivity contribution in [3.63, 3.8) is 0 Å². The predicted octanol–water partition coefficient (Wildman–Crippen LogP) is 4.39. The zero-order valence-corrected chi connectivity index (χ0v) is 19.7. The van der Waals surface area contributed by atoms with Crippen LogP contribution in [0.4, 0.5) is 0 Å². The Kier molecular flexibility index (Phi) is 6.30. The van der Waals surface area contributed by atoms with Gasteiger partial charge in [-0.1, -0.05) is 6.07 Å². The van der Waals surface area contributed by atoms with Crippen molar-refractivity contribution in [1.82, 2.24) is 9.47 Å². The van der Waals surface area contributed by atoms with E-state index in [0.717, 1.165) is 80.1 Å². The highest BCUT2D eigenvalue weighted by Crippen LogP contribution is 2.39. The summed E-state index contributed by atoms with van der Waals surface area (Å²) in [6, 6.07) is 10.9. The average Bonchev–Trinajstić information content (AvgIpc) is 3.31. The number of morpholine rings is 1. The molecule has 0 amide bonds. The standard InChI is InChI=1S/C27H30N2O5/c1-18-20(17-25-27(31)26-23(30)6-5-7-24(26)34-25)21-16-19(32-2)8-9-22(21)29(18)11-4-3-10-28-12-14-33-15-13-28/h5-9,16-17,30H,3-4,10-15H2,1-2H3/b25-17-. The van der Waals surface area contributed by atoms with Gasteiger partial charge in [0.1, 0.15) is 22.8 Å². The molecule has 7 nitrogen and oxygen atoms in total. The molecule has 0 saturated carbocycles. The minimum Gasteiger partial charge on any atom is -0.507 e. The number of Topliss-reactive ketones (excluding diaryl/α,β-unsaturated/α-hetero) is 1. The summed E-state index contributed by atoms with van der Waals surface area (Å²) < 4.78 is 19.1. The third kappa shape index (κ3) is 4.17. The van der Waals surface area contributed by atoms with Crippen LogP contribution in [-0.4, -0.2) is 60.3 Å². The molecule has 1 saturated heterocycles. The number of carbonyl (C=O) groups is 1. The molecule has 0 unspecified atom stereocenters. The summed E-state index contributed by atoms with van der Waals surface area (Å²) in [5.74, 6) is 0.997. The van der Waals surface area contributed by atoms with Gasteiger partial charge in [0.25, 0.3) is 0 Å². The Morgan fingerprint density at radius 1 is 1.12 bits per heavy atom. The predicted molar refractivity (Wildman–Crippen MR) is 131 cm³/mol. The molecule has 1 N–H and O–H groups in total. The van der Waals surface area contributed by atoms with Crippen LogP contribution in [0, 0.1) is 6.92 Å². The number of nitrogens with zero attached hydrogens (tertiary/aromatic N) is 2. The number of benzene rings is 2. The van der Waals surface area contributed by atoms with Gasteiger partial charge in [0.15, 0.2) is 5.76 Å². The van der Waals surface area contributed by atoms with Crippen molar-refractivity contribution in [2.45, 2.75) is 26.3 Å². The second-order valence-corrected chi connectivity index (χ2v) is 8.78. The summed E-state index contributed by atoms with van der Waals surface area (Å²) in [5, 5.41) is 11.1. The Bertz CT molecular complexity index is 1250. The Balaban J connectivity index is 1.43. The molecule has 5 rings (SSSR count). The Morgan fingerprint density at radius 3 is 2.68 bits per heavy atom. The molecule has 7 heteroatoms. The maximum Gasteiger partial charge on any atom is 0.235 e. The van der Waals surface area contributed by atoms with Crippen LogP contribution in [0.15, 0.2) is 42.2 Å². The normalized spacial score (nSPS) is 17.4. The van der Waals surface area contributed by atoms with E-state index in [-0.39, 0.29) is 22.9 Å². The summed E-state index contributed by atoms with van der Waals surface area (Å²) in [6.07, 6.45) is 3.96. The number of methoxy groups -OCH3 is 1. The van der Waals surface area contributed by atoms with Crippen LogP contribution in [0.3, 0.4) is 0 Å². The van der Waals surface area contributed by atoms with Gasteiger partial charge < -0.3 is 23.9 Å². The van der Waals surface area contributed by atoms with Gasteiger partial charge in [-0.15, -0.1) is 0 Å². The van der Waals surface area contributed by atoms with Crippen LogP contribution >= 0.6 is 0 Å². The largest absolute Gasteiger partial charge is 0.507 e. The maximum absolute atomic E-state index is 13.0. The molecule has 2 aromatic carbocycles. The molecule has 1 aromatic heterocycles. The summed E-state index contributed by atoms with van der Waals surface area (Å²) in [6.45, 7) is 7.70. The number of phenolic OH excluding ortho intramolecular Hbond substituents is 1. The highest BCUT2D eigenvalue weighted by atomic mass is 16.5. The minimum atomic E-state index is -0.304. The van der Waals surface area contributed by atoms with E-state index in [9.17, 15) is 9.90 Å². The third-order valence-electron chi connectivity index (χ3n) is 6.74. The van der Waals surface area contributed by atoms with Crippen LogP contribution in [0.5, 0.6) is 17.2 Å². The van der Waals surface area contributed by atoms with Crippen molar-refractivity contribution < 1.29 is 24.1 Å².